The second-order valence-electron chi connectivity index (χ2n) is 8.60. The summed E-state index contributed by atoms with van der Waals surface area (Å²) in [6.07, 6.45) is -1.91. The van der Waals surface area contributed by atoms with Crippen LogP contribution in [-0.2, 0) is 5.41 Å². The number of aliphatic hydroxyl groups is 1. The van der Waals surface area contributed by atoms with Crippen LogP contribution in [0.3, 0.4) is 0 Å². The highest BCUT2D eigenvalue weighted by atomic mass is 19.4. The van der Waals surface area contributed by atoms with Gasteiger partial charge in [0.05, 0.1) is 13.2 Å². The largest absolute Gasteiger partial charge is 0.497 e. The summed E-state index contributed by atoms with van der Waals surface area (Å²) in [7, 11) is 1.52. The van der Waals surface area contributed by atoms with Gasteiger partial charge in [-0.1, -0.05) is 32.0 Å². The molecule has 33 heavy (non-hydrogen) atoms. The van der Waals surface area contributed by atoms with Crippen molar-refractivity contribution >= 4 is 5.91 Å². The second kappa shape index (κ2) is 9.84. The van der Waals surface area contributed by atoms with Gasteiger partial charge in [0.1, 0.15) is 11.6 Å². The fraction of sp³-hybridized carbons (Fsp3) is 0.400. The van der Waals surface area contributed by atoms with Crippen LogP contribution in [0.5, 0.6) is 5.75 Å². The smallest absolute Gasteiger partial charge is 0.418 e. The van der Waals surface area contributed by atoms with Crippen molar-refractivity contribution in [1.29, 1.82) is 0 Å². The van der Waals surface area contributed by atoms with Gasteiger partial charge in [0.25, 0.3) is 5.91 Å². The summed E-state index contributed by atoms with van der Waals surface area (Å²) in [6, 6.07) is 10.2. The number of hydrogen-bond acceptors (Lipinski definition) is 3. The maximum atomic E-state index is 14.9. The number of rotatable bonds is 8. The molecule has 0 bridgehead atoms. The van der Waals surface area contributed by atoms with Gasteiger partial charge in [-0.05, 0) is 48.6 Å². The molecule has 2 N–H and O–H groups in total. The normalized spacial score (nSPS) is 14.7. The molecule has 2 aromatic carbocycles. The lowest BCUT2D eigenvalue weighted by Gasteiger charge is -2.37. The third-order valence-corrected chi connectivity index (χ3v) is 5.55. The van der Waals surface area contributed by atoms with E-state index in [4.69, 9.17) is 11.2 Å². The van der Waals surface area contributed by atoms with Crippen molar-refractivity contribution in [2.24, 2.45) is 0 Å². The third-order valence-electron chi connectivity index (χ3n) is 5.55. The van der Waals surface area contributed by atoms with Gasteiger partial charge in [0.15, 0.2) is 5.60 Å². The van der Waals surface area contributed by atoms with Gasteiger partial charge in [-0.3, -0.25) is 4.79 Å². The number of ether oxygens (including phenoxy) is 1. The van der Waals surface area contributed by atoms with E-state index >= 15 is 0 Å². The third kappa shape index (κ3) is 5.85. The van der Waals surface area contributed by atoms with Crippen LogP contribution < -0.4 is 10.1 Å². The van der Waals surface area contributed by atoms with Crippen molar-refractivity contribution in [2.75, 3.05) is 7.11 Å². The molecule has 2 rings (SSSR count). The van der Waals surface area contributed by atoms with Crippen LogP contribution in [0, 0.1) is 18.2 Å². The summed E-state index contributed by atoms with van der Waals surface area (Å²) in [4.78, 5) is 13.0. The molecule has 2 atom stereocenters. The molecule has 0 aliphatic carbocycles. The first-order chi connectivity index (χ1) is 15.3. The van der Waals surface area contributed by atoms with Gasteiger partial charge in [-0.25, -0.2) is 4.39 Å². The fourth-order valence-corrected chi connectivity index (χ4v) is 3.90. The van der Waals surface area contributed by atoms with Crippen molar-refractivity contribution in [1.82, 2.24) is 5.32 Å². The number of amides is 1. The van der Waals surface area contributed by atoms with Gasteiger partial charge in [0, 0.05) is 17.5 Å². The van der Waals surface area contributed by atoms with E-state index in [9.17, 15) is 27.5 Å². The van der Waals surface area contributed by atoms with Crippen LogP contribution in [0.2, 0.25) is 0 Å². The number of halogens is 4. The summed E-state index contributed by atoms with van der Waals surface area (Å²) < 4.78 is 60.8. The average Bonchev–Trinajstić information content (AvgIpc) is 2.72. The first-order valence-corrected chi connectivity index (χ1v) is 10.2. The summed E-state index contributed by atoms with van der Waals surface area (Å²) in [5.74, 6) is 0.965. The zero-order chi connectivity index (χ0) is 25.0. The lowest BCUT2D eigenvalue weighted by molar-refractivity contribution is -0.264. The highest BCUT2D eigenvalue weighted by Gasteiger charge is 2.56. The molecule has 0 fully saturated rings. The number of benzene rings is 2. The van der Waals surface area contributed by atoms with Crippen LogP contribution in [-0.4, -0.2) is 29.9 Å². The molecular formula is C25H27F4NO3. The molecule has 0 saturated carbocycles. The molecule has 0 radical (unpaired) electrons. The van der Waals surface area contributed by atoms with Crippen molar-refractivity contribution < 1.29 is 32.2 Å². The Hall–Kier alpha value is -3.05. The summed E-state index contributed by atoms with van der Waals surface area (Å²) in [5.41, 5.74) is -4.42. The molecule has 2 aromatic rings. The Balaban J connectivity index is 2.40. The molecule has 178 valence electrons. The molecule has 0 unspecified atom stereocenters. The van der Waals surface area contributed by atoms with Crippen molar-refractivity contribution in [3.05, 3.63) is 65.0 Å². The van der Waals surface area contributed by atoms with E-state index in [0.717, 1.165) is 11.6 Å². The number of terminal acetylenes is 1. The number of nitrogens with one attached hydrogen (secondary N) is 1. The zero-order valence-electron chi connectivity index (χ0n) is 18.9. The predicted molar refractivity (Wildman–Crippen MR) is 117 cm³/mol. The minimum absolute atomic E-state index is 0.120. The minimum atomic E-state index is -5.03. The summed E-state index contributed by atoms with van der Waals surface area (Å²) >= 11 is 0. The molecule has 4 nitrogen and oxygen atoms in total. The Kier molecular flexibility index (Phi) is 7.81. The van der Waals surface area contributed by atoms with Crippen molar-refractivity contribution in [2.45, 2.75) is 56.8 Å². The zero-order valence-corrected chi connectivity index (χ0v) is 18.9. The monoisotopic (exact) mass is 465 g/mol. The minimum Gasteiger partial charge on any atom is -0.497 e. The van der Waals surface area contributed by atoms with E-state index in [1.54, 1.807) is 31.2 Å². The maximum absolute atomic E-state index is 14.9. The first kappa shape index (κ1) is 26.2. The Morgan fingerprint density at radius 3 is 2.30 bits per heavy atom. The summed E-state index contributed by atoms with van der Waals surface area (Å²) in [5, 5.41) is 13.0. The van der Waals surface area contributed by atoms with E-state index < -0.39 is 47.8 Å². The van der Waals surface area contributed by atoms with Crippen LogP contribution in [0.15, 0.2) is 42.5 Å². The molecule has 8 heteroatoms. The summed E-state index contributed by atoms with van der Waals surface area (Å²) in [6.45, 7) is 4.39. The molecular weight excluding hydrogens is 438 g/mol. The first-order valence-electron chi connectivity index (χ1n) is 10.2. The van der Waals surface area contributed by atoms with Crippen LogP contribution in [0.25, 0.3) is 0 Å². The van der Waals surface area contributed by atoms with Crippen LogP contribution in [0.4, 0.5) is 17.6 Å². The number of alkyl halides is 3. The molecule has 0 heterocycles. The van der Waals surface area contributed by atoms with Gasteiger partial charge < -0.3 is 15.2 Å². The highest BCUT2D eigenvalue weighted by Crippen LogP contribution is 2.44. The molecule has 0 aromatic heterocycles. The molecule has 0 aliphatic rings. The van der Waals surface area contributed by atoms with Crippen molar-refractivity contribution in [3.63, 3.8) is 0 Å². The standard InChI is InChI=1S/C25H27F4NO3/c1-6-14-24(32,25(27,28)29)15-23(3,4)21-19(8-7-9-20(21)26)22(31)30-16(2)17-10-12-18(33-5)13-11-17/h1,7-13,16,32H,14-15H2,2-5H3,(H,30,31)/t16-,24-/m0/s1. The Bertz CT molecular complexity index is 1030. The van der Waals surface area contributed by atoms with E-state index in [0.29, 0.717) is 5.75 Å². The van der Waals surface area contributed by atoms with Crippen LogP contribution in [0.1, 0.15) is 61.1 Å². The topological polar surface area (TPSA) is 58.6 Å². The number of hydrogen-bond donors (Lipinski definition) is 2. The average molecular weight is 465 g/mol. The highest BCUT2D eigenvalue weighted by molar-refractivity contribution is 5.96. The Morgan fingerprint density at radius 2 is 1.79 bits per heavy atom. The quantitative estimate of drug-likeness (QED) is 0.410. The number of carbonyl (C=O) groups excluding carboxylic acids is 1. The van der Waals surface area contributed by atoms with E-state index in [1.807, 2.05) is 5.92 Å². The van der Waals surface area contributed by atoms with Crippen LogP contribution >= 0.6 is 0 Å². The van der Waals surface area contributed by atoms with E-state index in [-0.39, 0.29) is 11.1 Å². The maximum Gasteiger partial charge on any atom is 0.418 e. The number of methoxy groups -OCH3 is 1. The second-order valence-corrected chi connectivity index (χ2v) is 8.60. The SMILES string of the molecule is C#CC[C@](O)(CC(C)(C)c1c(F)cccc1C(=O)N[C@@H](C)c1ccc(OC)cc1)C(F)(F)F. The number of carbonyl (C=O) groups is 1. The Morgan fingerprint density at radius 1 is 1.18 bits per heavy atom. The van der Waals surface area contributed by atoms with Gasteiger partial charge in [-0.15, -0.1) is 12.3 Å². The molecule has 0 spiro atoms. The van der Waals surface area contributed by atoms with Gasteiger partial charge in [-0.2, -0.15) is 13.2 Å². The lowest BCUT2D eigenvalue weighted by Crippen LogP contribution is -2.49. The van der Waals surface area contributed by atoms with E-state index in [1.165, 1.54) is 33.1 Å². The van der Waals surface area contributed by atoms with Gasteiger partial charge in [0.2, 0.25) is 0 Å². The fourth-order valence-electron chi connectivity index (χ4n) is 3.90. The van der Waals surface area contributed by atoms with Gasteiger partial charge >= 0.3 is 6.18 Å². The predicted octanol–water partition coefficient (Wildman–Crippen LogP) is 5.31. The molecule has 0 saturated heterocycles. The van der Waals surface area contributed by atoms with Crippen molar-refractivity contribution in [3.8, 4) is 18.1 Å². The van der Waals surface area contributed by atoms with E-state index in [2.05, 4.69) is 5.32 Å². The molecule has 0 aliphatic heterocycles. The Labute approximate surface area is 191 Å². The molecule has 1 amide bonds. The lowest BCUT2D eigenvalue weighted by atomic mass is 9.72.